The fourth-order valence-corrected chi connectivity index (χ4v) is 7.48. The summed E-state index contributed by atoms with van der Waals surface area (Å²) in [7, 11) is 0. The normalized spacial score (nSPS) is 21.0. The van der Waals surface area contributed by atoms with E-state index in [1.807, 2.05) is 0 Å². The first kappa shape index (κ1) is 54.1. The minimum atomic E-state index is -1.47. The second kappa shape index (κ2) is 26.0. The largest absolute Gasteiger partial charge is 0.480 e. The van der Waals surface area contributed by atoms with Gasteiger partial charge in [-0.3, -0.25) is 57.6 Å². The van der Waals surface area contributed by atoms with Crippen molar-refractivity contribution in [2.45, 2.75) is 133 Å². The van der Waals surface area contributed by atoms with Gasteiger partial charge in [0.1, 0.15) is 42.8 Å². The lowest BCUT2D eigenvalue weighted by molar-refractivity contribution is -0.144. The lowest BCUT2D eigenvalue weighted by atomic mass is 10.0. The van der Waals surface area contributed by atoms with Crippen LogP contribution >= 0.6 is 0 Å². The van der Waals surface area contributed by atoms with Gasteiger partial charge >= 0.3 is 5.97 Å². The number of carbonyl (C=O) groups excluding carboxylic acids is 11. The summed E-state index contributed by atoms with van der Waals surface area (Å²) in [4.78, 5) is 155. The van der Waals surface area contributed by atoms with Gasteiger partial charge in [0.15, 0.2) is 0 Å². The van der Waals surface area contributed by atoms with E-state index in [4.69, 9.17) is 11.5 Å². The number of carboxylic acids is 1. The number of nitrogens with zero attached hydrogens (tertiary/aromatic N) is 2. The lowest BCUT2D eigenvalue weighted by Crippen LogP contribution is -2.56. The molecule has 3 aliphatic heterocycles. The first-order valence-corrected chi connectivity index (χ1v) is 21.9. The first-order valence-electron chi connectivity index (χ1n) is 21.9. The average Bonchev–Trinajstić information content (AvgIpc) is 3.99. The maximum Gasteiger partial charge on any atom is 0.326 e. The van der Waals surface area contributed by atoms with Crippen LogP contribution in [0, 0.1) is 5.92 Å². The summed E-state index contributed by atoms with van der Waals surface area (Å²) < 4.78 is 0. The van der Waals surface area contributed by atoms with Gasteiger partial charge in [0.2, 0.25) is 59.1 Å². The van der Waals surface area contributed by atoms with Crippen molar-refractivity contribution in [1.29, 1.82) is 0 Å². The highest BCUT2D eigenvalue weighted by Crippen LogP contribution is 2.19. The number of aliphatic carboxylic acids is 1. The maximum atomic E-state index is 13.4. The Morgan fingerprint density at radius 1 is 0.818 bits per heavy atom. The van der Waals surface area contributed by atoms with Crippen LogP contribution in [0.4, 0.5) is 0 Å². The van der Waals surface area contributed by atoms with Crippen molar-refractivity contribution in [3.63, 3.8) is 0 Å². The minimum Gasteiger partial charge on any atom is -0.480 e. The molecule has 0 aliphatic carbocycles. The summed E-state index contributed by atoms with van der Waals surface area (Å²) in [5.41, 5.74) is 10.7. The number of carboxylic acid groups (broad SMARTS) is 1. The molecule has 0 aromatic heterocycles. The Hall–Kier alpha value is -6.28. The van der Waals surface area contributed by atoms with E-state index in [-0.39, 0.29) is 57.5 Å². The van der Waals surface area contributed by atoms with Crippen molar-refractivity contribution in [1.82, 2.24) is 52.3 Å². The Morgan fingerprint density at radius 3 is 2.14 bits per heavy atom. The summed E-state index contributed by atoms with van der Waals surface area (Å²) in [6.45, 7) is 3.62. The summed E-state index contributed by atoms with van der Waals surface area (Å²) in [5.74, 6) is -10.2. The van der Waals surface area contributed by atoms with Gasteiger partial charge < -0.3 is 69.1 Å². The van der Waals surface area contributed by atoms with Crippen LogP contribution in [0.5, 0.6) is 0 Å². The lowest BCUT2D eigenvalue weighted by Gasteiger charge is -2.26. The number of imide groups is 1. The molecule has 0 spiro atoms. The Labute approximate surface area is 380 Å². The molecule has 3 fully saturated rings. The van der Waals surface area contributed by atoms with E-state index in [1.165, 1.54) is 11.8 Å². The van der Waals surface area contributed by atoms with Gasteiger partial charge in [-0.05, 0) is 70.8 Å². The molecular formula is C40H64N12O14. The topological polar surface area (TPSA) is 400 Å². The smallest absolute Gasteiger partial charge is 0.326 e. The molecule has 8 unspecified atom stereocenters. The molecule has 11 amide bonds. The number of nitrogens with one attached hydrogen (secondary N) is 8. The van der Waals surface area contributed by atoms with E-state index in [2.05, 4.69) is 42.5 Å². The van der Waals surface area contributed by atoms with Gasteiger partial charge in [-0.25, -0.2) is 4.79 Å². The molecule has 26 heteroatoms. The highest BCUT2D eigenvalue weighted by molar-refractivity contribution is 6.09. The fourth-order valence-electron chi connectivity index (χ4n) is 7.48. The van der Waals surface area contributed by atoms with Crippen molar-refractivity contribution in [2.24, 2.45) is 17.4 Å². The van der Waals surface area contributed by atoms with Crippen LogP contribution in [0.1, 0.15) is 85.0 Å². The van der Waals surface area contributed by atoms with E-state index in [9.17, 15) is 67.7 Å². The van der Waals surface area contributed by atoms with Crippen molar-refractivity contribution < 1.29 is 67.7 Å². The van der Waals surface area contributed by atoms with Gasteiger partial charge in [-0.1, -0.05) is 13.8 Å². The van der Waals surface area contributed by atoms with Gasteiger partial charge in [0, 0.05) is 19.5 Å². The highest BCUT2D eigenvalue weighted by Gasteiger charge is 2.42. The monoisotopic (exact) mass is 936 g/mol. The van der Waals surface area contributed by atoms with E-state index >= 15 is 0 Å². The van der Waals surface area contributed by atoms with Crippen molar-refractivity contribution in [3.8, 4) is 0 Å². The number of aliphatic hydroxyl groups excluding tert-OH is 1. The third kappa shape index (κ3) is 16.9. The third-order valence-corrected chi connectivity index (χ3v) is 11.0. The molecule has 66 heavy (non-hydrogen) atoms. The second-order valence-corrected chi connectivity index (χ2v) is 16.9. The zero-order valence-electron chi connectivity index (χ0n) is 37.4. The highest BCUT2D eigenvalue weighted by atomic mass is 16.4. The van der Waals surface area contributed by atoms with Gasteiger partial charge in [-0.15, -0.1) is 0 Å². The third-order valence-electron chi connectivity index (χ3n) is 11.0. The molecule has 3 rings (SSSR count). The van der Waals surface area contributed by atoms with Crippen molar-refractivity contribution in [3.05, 3.63) is 0 Å². The Kier molecular flexibility index (Phi) is 21.3. The maximum absolute atomic E-state index is 13.4. The molecule has 0 aromatic rings. The van der Waals surface area contributed by atoms with Crippen LogP contribution in [0.25, 0.3) is 0 Å². The predicted molar refractivity (Wildman–Crippen MR) is 228 cm³/mol. The van der Waals surface area contributed by atoms with Gasteiger partial charge in [-0.2, -0.15) is 0 Å². The number of hydrogen-bond donors (Lipinski definition) is 12. The van der Waals surface area contributed by atoms with Crippen molar-refractivity contribution >= 4 is 70.9 Å². The Bertz CT molecular complexity index is 1850. The van der Waals surface area contributed by atoms with Crippen LogP contribution in [-0.4, -0.2) is 179 Å². The van der Waals surface area contributed by atoms with E-state index in [0.29, 0.717) is 30.7 Å². The standard InChI is InChI=1S/C40H64N12O14/c1-20(2)13-26(37(62)46-21(3)34(59)45-18-33(58)51-12-6-8-28(51)38(63)49-24(40(65)66)7-4-5-11-41)48-31(56)19-52-32(57)15-27(39(52)64)50-36(61)23(9-10-29(42)54)47-30(55)17-44-35(60)25-14-22(53)16-43-25/h20-28,43,53H,4-19,41H2,1-3H3,(H2,42,54)(H,44,60)(H,45,59)(H,46,62)(H,47,55)(H,48,56)(H,49,63)(H,50,61)(H,65,66). The van der Waals surface area contributed by atoms with Crippen LogP contribution in [-0.2, 0) is 57.5 Å². The molecule has 0 bridgehead atoms. The number of unbranched alkanes of at least 4 members (excludes halogenated alkanes) is 1. The SMILES string of the molecule is CC(C)CC(NC(=O)CN1C(=O)CC(NC(=O)C(CCC(N)=O)NC(=O)CNC(=O)C2CC(O)CN2)C1=O)C(=O)NC(C)C(=O)NCC(=O)N1CCCC1C(=O)NC(CCCCN)C(=O)O. The molecule has 368 valence electrons. The fraction of sp³-hybridized carbons (Fsp3) is 0.700. The van der Waals surface area contributed by atoms with Gasteiger partial charge in [0.05, 0.1) is 31.7 Å². The molecule has 14 N–H and O–H groups in total. The van der Waals surface area contributed by atoms with E-state index < -0.39 is 145 Å². The number of β-amino-alcohol motifs (C(OH)–C–C–N with tert-alkyl or cyclic N) is 1. The van der Waals surface area contributed by atoms with E-state index in [1.54, 1.807) is 13.8 Å². The number of carbonyl (C=O) groups is 12. The summed E-state index contributed by atoms with van der Waals surface area (Å²) in [5, 5.41) is 38.8. The summed E-state index contributed by atoms with van der Waals surface area (Å²) >= 11 is 0. The summed E-state index contributed by atoms with van der Waals surface area (Å²) in [6.07, 6.45) is 0.193. The molecule has 8 atom stereocenters. The Balaban J connectivity index is 1.53. The predicted octanol–water partition coefficient (Wildman–Crippen LogP) is -6.34. The Morgan fingerprint density at radius 2 is 1.52 bits per heavy atom. The number of nitrogens with two attached hydrogens (primary N) is 2. The van der Waals surface area contributed by atoms with E-state index in [0.717, 1.165) is 0 Å². The first-order chi connectivity index (χ1) is 31.1. The van der Waals surface area contributed by atoms with Gasteiger partial charge in [0.25, 0.3) is 5.91 Å². The number of rotatable bonds is 26. The molecule has 0 radical (unpaired) electrons. The number of aliphatic hydroxyl groups is 1. The number of primary amides is 1. The number of amides is 11. The van der Waals surface area contributed by atoms with Crippen LogP contribution in [0.3, 0.4) is 0 Å². The number of likely N-dealkylation sites (tertiary alicyclic amines) is 2. The van der Waals surface area contributed by atoms with Crippen molar-refractivity contribution in [2.75, 3.05) is 39.3 Å². The summed E-state index contributed by atoms with van der Waals surface area (Å²) in [6, 6.07) is -8.23. The molecule has 0 aromatic carbocycles. The molecule has 3 aliphatic rings. The zero-order chi connectivity index (χ0) is 49.2. The molecule has 0 saturated carbocycles. The molecule has 3 saturated heterocycles. The second-order valence-electron chi connectivity index (χ2n) is 16.9. The van der Waals surface area contributed by atoms with Crippen LogP contribution in [0.15, 0.2) is 0 Å². The molecule has 26 nitrogen and oxygen atoms in total. The minimum absolute atomic E-state index is 0.0574. The average molecular weight is 937 g/mol. The quantitative estimate of drug-likeness (QED) is 0.0284. The molecule has 3 heterocycles. The molecular weight excluding hydrogens is 873 g/mol. The van der Waals surface area contributed by atoms with Crippen LogP contribution < -0.4 is 54.0 Å². The van der Waals surface area contributed by atoms with Crippen LogP contribution in [0.2, 0.25) is 0 Å². The zero-order valence-corrected chi connectivity index (χ0v) is 37.4. The number of hydrogen-bond acceptors (Lipinski definition) is 15.